The third-order valence-corrected chi connectivity index (χ3v) is 5.80. The van der Waals surface area contributed by atoms with E-state index in [-0.39, 0.29) is 17.4 Å². The molecule has 164 valence electrons. The molecule has 31 heavy (non-hydrogen) atoms. The maximum atomic E-state index is 14.0. The first-order chi connectivity index (χ1) is 14.9. The van der Waals surface area contributed by atoms with Gasteiger partial charge in [-0.3, -0.25) is 14.3 Å². The van der Waals surface area contributed by atoms with Gasteiger partial charge in [0.15, 0.2) is 0 Å². The van der Waals surface area contributed by atoms with Crippen LogP contribution in [0.5, 0.6) is 0 Å². The van der Waals surface area contributed by atoms with Crippen LogP contribution in [0.1, 0.15) is 46.6 Å². The van der Waals surface area contributed by atoms with Crippen LogP contribution in [0.25, 0.3) is 0 Å². The zero-order valence-corrected chi connectivity index (χ0v) is 18.1. The smallest absolute Gasteiger partial charge is 0.256 e. The lowest BCUT2D eigenvalue weighted by atomic mass is 10.1. The molecule has 1 aliphatic rings. The minimum absolute atomic E-state index is 0.0452. The van der Waals surface area contributed by atoms with Crippen LogP contribution >= 0.6 is 0 Å². The minimum atomic E-state index is -0.522. The predicted molar refractivity (Wildman–Crippen MR) is 114 cm³/mol. The highest BCUT2D eigenvalue weighted by molar-refractivity contribution is 5.94. The van der Waals surface area contributed by atoms with Gasteiger partial charge in [-0.15, -0.1) is 0 Å². The maximum Gasteiger partial charge on any atom is 0.256 e. The Morgan fingerprint density at radius 1 is 1.13 bits per heavy atom. The van der Waals surface area contributed by atoms with E-state index in [9.17, 15) is 14.0 Å². The van der Waals surface area contributed by atoms with Crippen molar-refractivity contribution in [1.82, 2.24) is 19.6 Å². The summed E-state index contributed by atoms with van der Waals surface area (Å²) >= 11 is 0. The van der Waals surface area contributed by atoms with Gasteiger partial charge in [-0.2, -0.15) is 10.4 Å². The Hall–Kier alpha value is -3.21. The molecule has 1 aromatic carbocycles. The quantitative estimate of drug-likeness (QED) is 0.713. The lowest BCUT2D eigenvalue weighted by Gasteiger charge is -2.22. The average molecular weight is 426 g/mol. The number of halogens is 1. The van der Waals surface area contributed by atoms with Crippen LogP contribution in [0.2, 0.25) is 0 Å². The molecular formula is C23H28FN5O2. The first kappa shape index (κ1) is 22.5. The van der Waals surface area contributed by atoms with E-state index in [1.165, 1.54) is 12.1 Å². The summed E-state index contributed by atoms with van der Waals surface area (Å²) in [7, 11) is 0. The molecule has 1 saturated heterocycles. The van der Waals surface area contributed by atoms with Crippen LogP contribution in [0.3, 0.4) is 0 Å². The van der Waals surface area contributed by atoms with E-state index < -0.39 is 5.82 Å². The number of nitrogens with zero attached hydrogens (tertiary/aromatic N) is 5. The lowest BCUT2D eigenvalue weighted by Crippen LogP contribution is -2.37. The summed E-state index contributed by atoms with van der Waals surface area (Å²) in [4.78, 5) is 28.9. The molecule has 2 heterocycles. The van der Waals surface area contributed by atoms with Gasteiger partial charge in [-0.25, -0.2) is 4.39 Å². The van der Waals surface area contributed by atoms with Crippen molar-refractivity contribution in [3.05, 3.63) is 52.6 Å². The SMILES string of the molecule is Cc1nn(CCC#N)c(C)c1CCC(=O)N1CCCN(C(=O)c2ccccc2F)CC1. The third-order valence-electron chi connectivity index (χ3n) is 5.80. The zero-order valence-electron chi connectivity index (χ0n) is 18.1. The monoisotopic (exact) mass is 425 g/mol. The van der Waals surface area contributed by atoms with E-state index in [2.05, 4.69) is 11.2 Å². The van der Waals surface area contributed by atoms with Crippen LogP contribution in [0.15, 0.2) is 24.3 Å². The van der Waals surface area contributed by atoms with E-state index >= 15 is 0 Å². The molecule has 0 N–H and O–H groups in total. The van der Waals surface area contributed by atoms with Gasteiger partial charge in [0.05, 0.1) is 30.3 Å². The number of nitriles is 1. The van der Waals surface area contributed by atoms with E-state index in [0.29, 0.717) is 58.4 Å². The molecule has 1 aliphatic heterocycles. The average Bonchev–Trinajstić information content (AvgIpc) is 2.92. The normalized spacial score (nSPS) is 14.3. The number of hydrogen-bond acceptors (Lipinski definition) is 4. The summed E-state index contributed by atoms with van der Waals surface area (Å²) in [6.07, 6.45) is 2.02. The fraction of sp³-hybridized carbons (Fsp3) is 0.478. The van der Waals surface area contributed by atoms with Crippen LogP contribution in [0.4, 0.5) is 4.39 Å². The summed E-state index contributed by atoms with van der Waals surface area (Å²) in [5.74, 6) is -0.807. The van der Waals surface area contributed by atoms with E-state index in [4.69, 9.17) is 5.26 Å². The number of carbonyl (C=O) groups excluding carboxylic acids is 2. The first-order valence-corrected chi connectivity index (χ1v) is 10.6. The van der Waals surface area contributed by atoms with Crippen molar-refractivity contribution in [2.75, 3.05) is 26.2 Å². The predicted octanol–water partition coefficient (Wildman–Crippen LogP) is 2.86. The van der Waals surface area contributed by atoms with Crippen molar-refractivity contribution in [2.45, 2.75) is 46.1 Å². The highest BCUT2D eigenvalue weighted by atomic mass is 19.1. The van der Waals surface area contributed by atoms with Gasteiger partial charge in [0.25, 0.3) is 5.91 Å². The second-order valence-electron chi connectivity index (χ2n) is 7.79. The Kier molecular flexibility index (Phi) is 7.40. The van der Waals surface area contributed by atoms with Gasteiger partial charge in [0.1, 0.15) is 5.82 Å². The number of hydrogen-bond donors (Lipinski definition) is 0. The molecule has 0 bridgehead atoms. The van der Waals surface area contributed by atoms with Crippen molar-refractivity contribution in [3.8, 4) is 6.07 Å². The Balaban J connectivity index is 1.57. The van der Waals surface area contributed by atoms with Crippen LogP contribution in [-0.4, -0.2) is 57.6 Å². The summed E-state index contributed by atoms with van der Waals surface area (Å²) < 4.78 is 15.8. The lowest BCUT2D eigenvalue weighted by molar-refractivity contribution is -0.131. The van der Waals surface area contributed by atoms with Gasteiger partial charge in [-0.1, -0.05) is 12.1 Å². The van der Waals surface area contributed by atoms with Crippen molar-refractivity contribution >= 4 is 11.8 Å². The second-order valence-corrected chi connectivity index (χ2v) is 7.79. The number of amides is 2. The number of aryl methyl sites for hydroxylation is 2. The maximum absolute atomic E-state index is 14.0. The van der Waals surface area contributed by atoms with Gasteiger partial charge in [-0.05, 0) is 44.4 Å². The highest BCUT2D eigenvalue weighted by Crippen LogP contribution is 2.17. The molecule has 1 aromatic heterocycles. The second kappa shape index (κ2) is 10.2. The summed E-state index contributed by atoms with van der Waals surface area (Å²) in [5.41, 5.74) is 3.01. The summed E-state index contributed by atoms with van der Waals surface area (Å²) in [6, 6.07) is 8.11. The summed E-state index contributed by atoms with van der Waals surface area (Å²) in [5, 5.41) is 13.3. The standard InChI is InChI=1S/C23H28FN5O2/c1-17-19(18(2)29(26-17)14-5-11-25)9-10-22(30)27-12-6-13-28(16-15-27)23(31)20-7-3-4-8-21(20)24/h3-4,7-8H,5-6,9-10,12-16H2,1-2H3. The molecule has 2 amide bonds. The molecule has 8 heteroatoms. The molecular weight excluding hydrogens is 397 g/mol. The number of aromatic nitrogens is 2. The van der Waals surface area contributed by atoms with E-state index in [0.717, 1.165) is 17.0 Å². The third kappa shape index (κ3) is 5.29. The van der Waals surface area contributed by atoms with Gasteiger partial charge in [0.2, 0.25) is 5.91 Å². The Morgan fingerprint density at radius 2 is 1.84 bits per heavy atom. The largest absolute Gasteiger partial charge is 0.341 e. The first-order valence-electron chi connectivity index (χ1n) is 10.6. The molecule has 0 atom stereocenters. The number of carbonyl (C=O) groups is 2. The molecule has 1 fully saturated rings. The highest BCUT2D eigenvalue weighted by Gasteiger charge is 2.24. The van der Waals surface area contributed by atoms with Crippen molar-refractivity contribution in [2.24, 2.45) is 0 Å². The fourth-order valence-corrected chi connectivity index (χ4v) is 4.03. The topological polar surface area (TPSA) is 82.2 Å². The molecule has 0 unspecified atom stereocenters. The van der Waals surface area contributed by atoms with E-state index in [1.807, 2.05) is 18.5 Å². The molecule has 3 rings (SSSR count). The molecule has 0 spiro atoms. The Morgan fingerprint density at radius 3 is 2.58 bits per heavy atom. The molecule has 7 nitrogen and oxygen atoms in total. The fourth-order valence-electron chi connectivity index (χ4n) is 4.03. The molecule has 0 aliphatic carbocycles. The van der Waals surface area contributed by atoms with Crippen molar-refractivity contribution < 1.29 is 14.0 Å². The van der Waals surface area contributed by atoms with Gasteiger partial charge < -0.3 is 9.80 Å². The van der Waals surface area contributed by atoms with Crippen molar-refractivity contribution in [3.63, 3.8) is 0 Å². The van der Waals surface area contributed by atoms with Crippen molar-refractivity contribution in [1.29, 1.82) is 5.26 Å². The van der Waals surface area contributed by atoms with Crippen LogP contribution < -0.4 is 0 Å². The summed E-state index contributed by atoms with van der Waals surface area (Å²) in [6.45, 7) is 6.36. The Bertz CT molecular complexity index is 994. The van der Waals surface area contributed by atoms with Gasteiger partial charge >= 0.3 is 0 Å². The zero-order chi connectivity index (χ0) is 22.4. The molecule has 2 aromatic rings. The minimum Gasteiger partial charge on any atom is -0.341 e. The molecule has 0 saturated carbocycles. The van der Waals surface area contributed by atoms with Crippen LogP contribution in [0, 0.1) is 31.0 Å². The van der Waals surface area contributed by atoms with E-state index in [1.54, 1.807) is 21.9 Å². The Labute approximate surface area is 182 Å². The number of rotatable bonds is 6. The van der Waals surface area contributed by atoms with Crippen LogP contribution in [-0.2, 0) is 17.8 Å². The molecule has 0 radical (unpaired) electrons. The number of benzene rings is 1. The van der Waals surface area contributed by atoms with Gasteiger partial charge in [0, 0.05) is 38.3 Å².